The van der Waals surface area contributed by atoms with Gasteiger partial charge in [-0.15, -0.1) is 0 Å². The van der Waals surface area contributed by atoms with Crippen molar-refractivity contribution in [1.29, 1.82) is 0 Å². The van der Waals surface area contributed by atoms with Gasteiger partial charge in [0.15, 0.2) is 0 Å². The molecule has 2 saturated carbocycles. The van der Waals surface area contributed by atoms with Crippen LogP contribution in [0.4, 0.5) is 0 Å². The Kier molecular flexibility index (Phi) is 5.57. The van der Waals surface area contributed by atoms with Crippen LogP contribution < -0.4 is 0 Å². The second-order valence-electron chi connectivity index (χ2n) is 5.23. The van der Waals surface area contributed by atoms with Gasteiger partial charge in [0.25, 0.3) is 0 Å². The first-order valence-electron chi connectivity index (χ1n) is 7.09. The molecule has 0 aromatic carbocycles. The summed E-state index contributed by atoms with van der Waals surface area (Å²) < 4.78 is 1.95. The Hall–Kier alpha value is -1.12. The molecule has 3 rings (SSSR count). The number of aryl methyl sites for hydroxylation is 1. The van der Waals surface area contributed by atoms with Crippen molar-refractivity contribution in [2.45, 2.75) is 59.9 Å². The minimum absolute atomic E-state index is 0.485. The number of Topliss-reactive ketones (excluding diaryl/α,β-unsaturated/α-hetero) is 1. The molecule has 2 aliphatic carbocycles. The van der Waals surface area contributed by atoms with Gasteiger partial charge < -0.3 is 0 Å². The number of nitrogens with zero attached hydrogens (tertiary/aromatic N) is 2. The summed E-state index contributed by atoms with van der Waals surface area (Å²) in [6.45, 7) is 10.2. The molecule has 0 amide bonds. The number of fused-ring (bicyclic) bond motifs is 1. The average Bonchev–Trinajstić information content (AvgIpc) is 2.77. The van der Waals surface area contributed by atoms with E-state index in [2.05, 4.69) is 18.9 Å². The first kappa shape index (κ1) is 14.9. The Bertz CT molecular complexity index is 370. The molecule has 0 bridgehead atoms. The summed E-state index contributed by atoms with van der Waals surface area (Å²) in [5, 5.41) is 4.23. The number of carbonyl (C=O) groups excluding carboxylic acids is 1. The van der Waals surface area contributed by atoms with E-state index in [1.807, 2.05) is 37.7 Å². The summed E-state index contributed by atoms with van der Waals surface area (Å²) >= 11 is 0. The standard InChI is InChI=1S/C7H12N2.C6H8O.C2H6/c1-6(2)9-5-4-7(3)8-9;7-6-2-4-1-5(4)3-6;1-2/h4-6H,1-3H3;4-5H,1-3H2;1-2H3. The van der Waals surface area contributed by atoms with Crippen LogP contribution in [0.5, 0.6) is 0 Å². The maximum absolute atomic E-state index is 10.5. The molecule has 3 heteroatoms. The zero-order chi connectivity index (χ0) is 13.7. The van der Waals surface area contributed by atoms with Gasteiger partial charge in [0.2, 0.25) is 0 Å². The largest absolute Gasteiger partial charge is 0.300 e. The van der Waals surface area contributed by atoms with E-state index in [0.717, 1.165) is 30.4 Å². The fraction of sp³-hybridized carbons (Fsp3) is 0.733. The normalized spacial score (nSPS) is 23.8. The van der Waals surface area contributed by atoms with E-state index in [-0.39, 0.29) is 0 Å². The summed E-state index contributed by atoms with van der Waals surface area (Å²) in [6.07, 6.45) is 5.17. The van der Waals surface area contributed by atoms with Gasteiger partial charge in [-0.25, -0.2) is 0 Å². The van der Waals surface area contributed by atoms with E-state index in [1.54, 1.807) is 0 Å². The highest BCUT2D eigenvalue weighted by atomic mass is 16.1. The molecule has 2 aliphatic rings. The van der Waals surface area contributed by atoms with Gasteiger partial charge in [-0.2, -0.15) is 5.10 Å². The Morgan fingerprint density at radius 1 is 1.28 bits per heavy atom. The zero-order valence-electron chi connectivity index (χ0n) is 12.3. The van der Waals surface area contributed by atoms with E-state index in [0.29, 0.717) is 11.8 Å². The SMILES string of the molecule is CC.Cc1ccn(C(C)C)n1.O=C1CC2CC2C1. The van der Waals surface area contributed by atoms with Gasteiger partial charge in [0, 0.05) is 25.1 Å². The van der Waals surface area contributed by atoms with E-state index < -0.39 is 0 Å². The third kappa shape index (κ3) is 4.28. The molecule has 0 N–H and O–H groups in total. The number of carbonyl (C=O) groups is 1. The third-order valence-electron chi connectivity index (χ3n) is 3.32. The van der Waals surface area contributed by atoms with Crippen LogP contribution in [0.2, 0.25) is 0 Å². The Balaban J connectivity index is 0.000000161. The highest BCUT2D eigenvalue weighted by Gasteiger charge is 2.45. The quantitative estimate of drug-likeness (QED) is 0.760. The minimum atomic E-state index is 0.485. The molecule has 18 heavy (non-hydrogen) atoms. The molecule has 0 spiro atoms. The van der Waals surface area contributed by atoms with Crippen molar-refractivity contribution in [1.82, 2.24) is 9.78 Å². The van der Waals surface area contributed by atoms with Gasteiger partial charge in [-0.05, 0) is 45.1 Å². The molecule has 3 nitrogen and oxygen atoms in total. The molecule has 2 unspecified atom stereocenters. The number of aromatic nitrogens is 2. The van der Waals surface area contributed by atoms with E-state index in [9.17, 15) is 4.79 Å². The number of hydrogen-bond donors (Lipinski definition) is 0. The maximum Gasteiger partial charge on any atom is 0.133 e. The summed E-state index contributed by atoms with van der Waals surface area (Å²) in [5.41, 5.74) is 1.09. The zero-order valence-corrected chi connectivity index (χ0v) is 12.3. The fourth-order valence-electron chi connectivity index (χ4n) is 2.20. The van der Waals surface area contributed by atoms with Crippen LogP contribution >= 0.6 is 0 Å². The minimum Gasteiger partial charge on any atom is -0.300 e. The smallest absolute Gasteiger partial charge is 0.133 e. The number of ketones is 1. The lowest BCUT2D eigenvalue weighted by molar-refractivity contribution is -0.118. The molecule has 1 aromatic rings. The molecule has 1 aromatic heterocycles. The third-order valence-corrected chi connectivity index (χ3v) is 3.32. The highest BCUT2D eigenvalue weighted by molar-refractivity contribution is 5.82. The molecule has 2 atom stereocenters. The van der Waals surface area contributed by atoms with Crippen molar-refractivity contribution in [3.05, 3.63) is 18.0 Å². The number of rotatable bonds is 1. The van der Waals surface area contributed by atoms with E-state index in [1.165, 1.54) is 6.42 Å². The van der Waals surface area contributed by atoms with Gasteiger partial charge in [-0.3, -0.25) is 9.48 Å². The van der Waals surface area contributed by atoms with E-state index in [4.69, 9.17) is 0 Å². The van der Waals surface area contributed by atoms with Gasteiger partial charge in [0.05, 0.1) is 5.69 Å². The molecular formula is C15H26N2O. The summed E-state index contributed by atoms with van der Waals surface area (Å²) in [5.74, 6) is 2.18. The first-order valence-corrected chi connectivity index (χ1v) is 7.09. The summed E-state index contributed by atoms with van der Waals surface area (Å²) in [4.78, 5) is 10.5. The molecule has 0 radical (unpaired) electrons. The molecule has 0 saturated heterocycles. The van der Waals surface area contributed by atoms with Crippen LogP contribution in [0.3, 0.4) is 0 Å². The lowest BCUT2D eigenvalue weighted by Crippen LogP contribution is -2.00. The second kappa shape index (κ2) is 6.72. The molecule has 0 aliphatic heterocycles. The molecule has 1 heterocycles. The fourth-order valence-corrected chi connectivity index (χ4v) is 2.20. The molecule has 102 valence electrons. The molecular weight excluding hydrogens is 224 g/mol. The van der Waals surface area contributed by atoms with Crippen LogP contribution in [0.1, 0.15) is 58.7 Å². The second-order valence-corrected chi connectivity index (χ2v) is 5.23. The summed E-state index contributed by atoms with van der Waals surface area (Å²) in [6, 6.07) is 2.50. The predicted molar refractivity (Wildman–Crippen MR) is 74.5 cm³/mol. The van der Waals surface area contributed by atoms with Crippen molar-refractivity contribution < 1.29 is 4.79 Å². The topological polar surface area (TPSA) is 34.9 Å². The summed E-state index contributed by atoms with van der Waals surface area (Å²) in [7, 11) is 0. The Morgan fingerprint density at radius 2 is 1.83 bits per heavy atom. The molecule has 2 fully saturated rings. The van der Waals surface area contributed by atoms with Crippen molar-refractivity contribution in [3.8, 4) is 0 Å². The van der Waals surface area contributed by atoms with Gasteiger partial charge in [0.1, 0.15) is 5.78 Å². The number of hydrogen-bond acceptors (Lipinski definition) is 2. The van der Waals surface area contributed by atoms with Crippen molar-refractivity contribution >= 4 is 5.78 Å². The van der Waals surface area contributed by atoms with Crippen LogP contribution in [0.25, 0.3) is 0 Å². The van der Waals surface area contributed by atoms with Crippen LogP contribution in [-0.4, -0.2) is 15.6 Å². The lowest BCUT2D eigenvalue weighted by atomic mass is 10.2. The van der Waals surface area contributed by atoms with Crippen LogP contribution in [-0.2, 0) is 4.79 Å². The van der Waals surface area contributed by atoms with E-state index >= 15 is 0 Å². The Labute approximate surface area is 111 Å². The average molecular weight is 250 g/mol. The predicted octanol–water partition coefficient (Wildman–Crippen LogP) is 3.78. The first-order chi connectivity index (χ1) is 8.56. The van der Waals surface area contributed by atoms with Crippen molar-refractivity contribution in [3.63, 3.8) is 0 Å². The highest BCUT2D eigenvalue weighted by Crippen LogP contribution is 2.49. The van der Waals surface area contributed by atoms with Crippen molar-refractivity contribution in [2.75, 3.05) is 0 Å². The lowest BCUT2D eigenvalue weighted by Gasteiger charge is -2.02. The maximum atomic E-state index is 10.5. The van der Waals surface area contributed by atoms with Gasteiger partial charge >= 0.3 is 0 Å². The van der Waals surface area contributed by atoms with Gasteiger partial charge in [-0.1, -0.05) is 13.8 Å². The van der Waals surface area contributed by atoms with Crippen LogP contribution in [0, 0.1) is 18.8 Å². The Morgan fingerprint density at radius 3 is 2.06 bits per heavy atom. The van der Waals surface area contributed by atoms with Crippen molar-refractivity contribution in [2.24, 2.45) is 11.8 Å². The monoisotopic (exact) mass is 250 g/mol. The van der Waals surface area contributed by atoms with Crippen LogP contribution in [0.15, 0.2) is 12.3 Å².